The zero-order chi connectivity index (χ0) is 19.7. The Morgan fingerprint density at radius 1 is 1.21 bits per heavy atom. The van der Waals surface area contributed by atoms with E-state index in [1.165, 1.54) is 29.3 Å². The van der Waals surface area contributed by atoms with Crippen LogP contribution in [0.2, 0.25) is 0 Å². The van der Waals surface area contributed by atoms with Crippen LogP contribution in [-0.2, 0) is 4.79 Å². The molecule has 0 bridgehead atoms. The molecular formula is C22H18FN3O2. The van der Waals surface area contributed by atoms with E-state index in [9.17, 15) is 14.0 Å². The Balaban J connectivity index is 1.64. The Morgan fingerprint density at radius 3 is 2.79 bits per heavy atom. The van der Waals surface area contributed by atoms with Crippen LogP contribution in [-0.4, -0.2) is 21.7 Å². The second-order valence-electron chi connectivity index (χ2n) is 6.75. The van der Waals surface area contributed by atoms with Gasteiger partial charge in [-0.1, -0.05) is 18.2 Å². The van der Waals surface area contributed by atoms with Crippen molar-refractivity contribution >= 4 is 28.4 Å². The van der Waals surface area contributed by atoms with E-state index < -0.39 is 6.04 Å². The van der Waals surface area contributed by atoms with Crippen molar-refractivity contribution in [2.75, 3.05) is 5.32 Å². The minimum atomic E-state index is -0.489. The Kier molecular flexibility index (Phi) is 4.61. The van der Waals surface area contributed by atoms with Crippen LogP contribution in [0.3, 0.4) is 0 Å². The Morgan fingerprint density at radius 2 is 2.00 bits per heavy atom. The van der Waals surface area contributed by atoms with Gasteiger partial charge in [0, 0.05) is 29.9 Å². The standard InChI is InChI=1S/C22H18FN3O2/c1-14-11-16-3-2-9-24-20(16)13-19(14)25-22(28)26-10-8-18(27)12-21(26)15-4-6-17(23)7-5-15/h2-11,13,21H,12H2,1H3,(H,25,28). The molecular weight excluding hydrogens is 357 g/mol. The SMILES string of the molecule is Cc1cc2cccnc2cc1NC(=O)N1C=CC(=O)CC1c1ccc(F)cc1. The number of benzene rings is 2. The molecule has 2 heterocycles. The van der Waals surface area contributed by atoms with Crippen molar-refractivity contribution in [2.45, 2.75) is 19.4 Å². The maximum Gasteiger partial charge on any atom is 0.326 e. The zero-order valence-electron chi connectivity index (χ0n) is 15.2. The third-order valence-electron chi connectivity index (χ3n) is 4.83. The van der Waals surface area contributed by atoms with E-state index in [-0.39, 0.29) is 24.1 Å². The van der Waals surface area contributed by atoms with Crippen molar-refractivity contribution in [3.63, 3.8) is 0 Å². The van der Waals surface area contributed by atoms with E-state index in [0.717, 1.165) is 16.5 Å². The highest BCUT2D eigenvalue weighted by Gasteiger charge is 2.29. The number of ketones is 1. The van der Waals surface area contributed by atoms with Gasteiger partial charge in [-0.2, -0.15) is 0 Å². The minimum Gasteiger partial charge on any atom is -0.307 e. The number of nitrogens with one attached hydrogen (secondary N) is 1. The summed E-state index contributed by atoms with van der Waals surface area (Å²) in [6.45, 7) is 1.91. The first kappa shape index (κ1) is 17.9. The molecule has 0 spiro atoms. The number of amides is 2. The van der Waals surface area contributed by atoms with Gasteiger partial charge < -0.3 is 5.32 Å². The fourth-order valence-corrected chi connectivity index (χ4v) is 3.35. The van der Waals surface area contributed by atoms with Gasteiger partial charge in [0.05, 0.1) is 11.6 Å². The topological polar surface area (TPSA) is 62.3 Å². The number of nitrogens with zero attached hydrogens (tertiary/aromatic N) is 2. The number of urea groups is 1. The summed E-state index contributed by atoms with van der Waals surface area (Å²) in [5.74, 6) is -0.443. The summed E-state index contributed by atoms with van der Waals surface area (Å²) in [6.07, 6.45) is 4.71. The van der Waals surface area contributed by atoms with Crippen LogP contribution in [0.5, 0.6) is 0 Å². The molecule has 28 heavy (non-hydrogen) atoms. The van der Waals surface area contributed by atoms with Crippen LogP contribution in [0.15, 0.2) is 67.0 Å². The first-order chi connectivity index (χ1) is 13.5. The average molecular weight is 375 g/mol. The Bertz CT molecular complexity index is 1090. The normalized spacial score (nSPS) is 16.4. The number of fused-ring (bicyclic) bond motifs is 1. The molecule has 1 aliphatic rings. The fourth-order valence-electron chi connectivity index (χ4n) is 3.35. The summed E-state index contributed by atoms with van der Waals surface area (Å²) in [4.78, 5) is 30.7. The van der Waals surface area contributed by atoms with Gasteiger partial charge in [0.2, 0.25) is 0 Å². The average Bonchev–Trinajstić information content (AvgIpc) is 2.69. The maximum atomic E-state index is 13.3. The van der Waals surface area contributed by atoms with Crippen molar-refractivity contribution < 1.29 is 14.0 Å². The highest BCUT2D eigenvalue weighted by atomic mass is 19.1. The smallest absolute Gasteiger partial charge is 0.307 e. The van der Waals surface area contributed by atoms with Gasteiger partial charge >= 0.3 is 6.03 Å². The molecule has 140 valence electrons. The number of aryl methyl sites for hydroxylation is 1. The van der Waals surface area contributed by atoms with Crippen LogP contribution in [0.1, 0.15) is 23.6 Å². The van der Waals surface area contributed by atoms with Gasteiger partial charge in [0.15, 0.2) is 5.78 Å². The molecule has 3 aromatic rings. The van der Waals surface area contributed by atoms with Crippen LogP contribution in [0.25, 0.3) is 10.9 Å². The number of hydrogen-bond donors (Lipinski definition) is 1. The van der Waals surface area contributed by atoms with Gasteiger partial charge in [-0.05, 0) is 54.5 Å². The van der Waals surface area contributed by atoms with Crippen LogP contribution in [0, 0.1) is 12.7 Å². The van der Waals surface area contributed by atoms with E-state index in [0.29, 0.717) is 11.3 Å². The lowest BCUT2D eigenvalue weighted by Crippen LogP contribution is -2.37. The number of allylic oxidation sites excluding steroid dienone is 1. The van der Waals surface area contributed by atoms with Gasteiger partial charge in [0.1, 0.15) is 5.82 Å². The number of aromatic nitrogens is 1. The second kappa shape index (κ2) is 7.23. The highest BCUT2D eigenvalue weighted by Crippen LogP contribution is 2.30. The molecule has 0 fully saturated rings. The molecule has 0 radical (unpaired) electrons. The molecule has 0 saturated carbocycles. The second-order valence-corrected chi connectivity index (χ2v) is 6.75. The lowest BCUT2D eigenvalue weighted by molar-refractivity contribution is -0.116. The number of hydrogen-bond acceptors (Lipinski definition) is 3. The van der Waals surface area contributed by atoms with Crippen LogP contribution < -0.4 is 5.32 Å². The van der Waals surface area contributed by atoms with Crippen LogP contribution in [0.4, 0.5) is 14.9 Å². The first-order valence-corrected chi connectivity index (χ1v) is 8.92. The van der Waals surface area contributed by atoms with Crippen molar-refractivity contribution in [1.82, 2.24) is 9.88 Å². The fraction of sp³-hybridized carbons (Fsp3) is 0.136. The number of halogens is 1. The first-order valence-electron chi connectivity index (χ1n) is 8.92. The molecule has 6 heteroatoms. The van der Waals surface area contributed by atoms with E-state index in [1.54, 1.807) is 18.3 Å². The third-order valence-corrected chi connectivity index (χ3v) is 4.83. The quantitative estimate of drug-likeness (QED) is 0.703. The summed E-state index contributed by atoms with van der Waals surface area (Å²) in [5.41, 5.74) is 3.04. The number of carbonyl (C=O) groups excluding carboxylic acids is 2. The molecule has 1 atom stereocenters. The van der Waals surface area contributed by atoms with Crippen molar-refractivity contribution in [1.29, 1.82) is 0 Å². The van der Waals surface area contributed by atoms with Gasteiger partial charge in [-0.3, -0.25) is 14.7 Å². The largest absolute Gasteiger partial charge is 0.326 e. The molecule has 1 unspecified atom stereocenters. The van der Waals surface area contributed by atoms with Crippen molar-refractivity contribution in [3.8, 4) is 0 Å². The van der Waals surface area contributed by atoms with Crippen molar-refractivity contribution in [2.24, 2.45) is 0 Å². The summed E-state index contributed by atoms with van der Waals surface area (Å²) in [5, 5.41) is 3.90. The Labute approximate surface area is 161 Å². The van der Waals surface area contributed by atoms with Gasteiger partial charge in [-0.15, -0.1) is 0 Å². The summed E-state index contributed by atoms with van der Waals surface area (Å²) < 4.78 is 13.3. The molecule has 2 amide bonds. The number of rotatable bonds is 2. The zero-order valence-corrected chi connectivity index (χ0v) is 15.2. The number of carbonyl (C=O) groups is 2. The molecule has 2 aromatic carbocycles. The molecule has 1 aliphatic heterocycles. The monoisotopic (exact) mass is 375 g/mol. The number of pyridine rings is 1. The predicted molar refractivity (Wildman–Crippen MR) is 105 cm³/mol. The highest BCUT2D eigenvalue weighted by molar-refractivity contribution is 5.97. The minimum absolute atomic E-state index is 0.0792. The summed E-state index contributed by atoms with van der Waals surface area (Å²) >= 11 is 0. The Hall–Kier alpha value is -3.54. The third kappa shape index (κ3) is 3.49. The van der Waals surface area contributed by atoms with E-state index >= 15 is 0 Å². The molecule has 4 rings (SSSR count). The van der Waals surface area contributed by atoms with Gasteiger partial charge in [0.25, 0.3) is 0 Å². The molecule has 1 aromatic heterocycles. The van der Waals surface area contributed by atoms with Gasteiger partial charge in [-0.25, -0.2) is 9.18 Å². The lowest BCUT2D eigenvalue weighted by atomic mass is 9.97. The maximum absolute atomic E-state index is 13.3. The van der Waals surface area contributed by atoms with E-state index in [2.05, 4.69) is 10.3 Å². The molecule has 0 aliphatic carbocycles. The lowest BCUT2D eigenvalue weighted by Gasteiger charge is -2.31. The number of anilines is 1. The van der Waals surface area contributed by atoms with Crippen LogP contribution >= 0.6 is 0 Å². The molecule has 0 saturated heterocycles. The summed E-state index contributed by atoms with van der Waals surface area (Å²) in [7, 11) is 0. The molecule has 5 nitrogen and oxygen atoms in total. The van der Waals surface area contributed by atoms with E-state index in [1.807, 2.05) is 31.2 Å². The summed E-state index contributed by atoms with van der Waals surface area (Å²) in [6, 6.07) is 12.6. The molecule has 1 N–H and O–H groups in total. The van der Waals surface area contributed by atoms with Crippen molar-refractivity contribution in [3.05, 3.63) is 83.9 Å². The van der Waals surface area contributed by atoms with E-state index in [4.69, 9.17) is 0 Å². The predicted octanol–water partition coefficient (Wildman–Crippen LogP) is 4.74.